The average Bonchev–Trinajstić information content (AvgIpc) is 3.33. The van der Waals surface area contributed by atoms with Gasteiger partial charge in [-0.1, -0.05) is 23.7 Å². The van der Waals surface area contributed by atoms with Gasteiger partial charge in [-0.05, 0) is 74.9 Å². The zero-order valence-corrected chi connectivity index (χ0v) is 22.9. The number of oxazole rings is 1. The van der Waals surface area contributed by atoms with E-state index >= 15 is 0 Å². The fourth-order valence-electron chi connectivity index (χ4n) is 4.25. The van der Waals surface area contributed by atoms with Crippen molar-refractivity contribution in [2.24, 2.45) is 0 Å². The third-order valence-corrected chi connectivity index (χ3v) is 6.50. The number of fused-ring (bicyclic) bond motifs is 1. The normalized spacial score (nSPS) is 13.9. The van der Waals surface area contributed by atoms with Crippen LogP contribution in [0.1, 0.15) is 26.3 Å². The van der Waals surface area contributed by atoms with Gasteiger partial charge in [-0.2, -0.15) is 0 Å². The van der Waals surface area contributed by atoms with E-state index in [1.54, 1.807) is 34.1 Å². The van der Waals surface area contributed by atoms with Crippen LogP contribution < -0.4 is 4.74 Å². The molecule has 8 nitrogen and oxygen atoms in total. The summed E-state index contributed by atoms with van der Waals surface area (Å²) in [5.41, 5.74) is 2.50. The van der Waals surface area contributed by atoms with Crippen LogP contribution in [-0.4, -0.2) is 58.6 Å². The highest BCUT2D eigenvalue weighted by Gasteiger charge is 2.27. The van der Waals surface area contributed by atoms with Gasteiger partial charge in [0.05, 0.1) is 6.42 Å². The van der Waals surface area contributed by atoms with E-state index in [1.165, 1.54) is 0 Å². The molecular weight excluding hydrogens is 518 g/mol. The molecule has 0 aliphatic carbocycles. The van der Waals surface area contributed by atoms with Gasteiger partial charge in [-0.25, -0.2) is 9.78 Å². The van der Waals surface area contributed by atoms with E-state index in [0.717, 1.165) is 11.1 Å². The first-order valence-corrected chi connectivity index (χ1v) is 13.2. The second kappa shape index (κ2) is 11.0. The summed E-state index contributed by atoms with van der Waals surface area (Å²) in [6.45, 7) is 7.43. The zero-order valence-electron chi connectivity index (χ0n) is 22.1. The van der Waals surface area contributed by atoms with Crippen molar-refractivity contribution < 1.29 is 23.5 Å². The van der Waals surface area contributed by atoms with Crippen molar-refractivity contribution in [1.82, 2.24) is 14.8 Å². The van der Waals surface area contributed by atoms with Crippen molar-refractivity contribution in [2.45, 2.75) is 32.8 Å². The Morgan fingerprint density at radius 1 is 0.897 bits per heavy atom. The Balaban J connectivity index is 1.18. The molecule has 0 N–H and O–H groups in total. The molecule has 4 aromatic rings. The molecule has 2 heterocycles. The van der Waals surface area contributed by atoms with Crippen LogP contribution in [0.4, 0.5) is 4.79 Å². The summed E-state index contributed by atoms with van der Waals surface area (Å²) in [4.78, 5) is 33.2. The van der Waals surface area contributed by atoms with Gasteiger partial charge in [0, 0.05) is 42.8 Å². The number of hydrogen-bond donors (Lipinski definition) is 0. The van der Waals surface area contributed by atoms with E-state index in [0.29, 0.717) is 59.7 Å². The Morgan fingerprint density at radius 2 is 1.54 bits per heavy atom. The molecule has 1 fully saturated rings. The van der Waals surface area contributed by atoms with Gasteiger partial charge in [-0.3, -0.25) is 4.79 Å². The molecule has 5 rings (SSSR count). The Labute approximate surface area is 232 Å². The molecule has 0 spiro atoms. The van der Waals surface area contributed by atoms with Crippen molar-refractivity contribution in [1.29, 1.82) is 0 Å². The van der Waals surface area contributed by atoms with Gasteiger partial charge in [0.25, 0.3) is 0 Å². The topological polar surface area (TPSA) is 85.1 Å². The van der Waals surface area contributed by atoms with Crippen molar-refractivity contribution in [3.8, 4) is 23.0 Å². The molecule has 1 aromatic heterocycles. The number of ether oxygens (including phenoxy) is 2. The Kier molecular flexibility index (Phi) is 7.48. The molecule has 39 heavy (non-hydrogen) atoms. The number of halogens is 1. The van der Waals surface area contributed by atoms with Crippen molar-refractivity contribution in [3.63, 3.8) is 0 Å². The first kappa shape index (κ1) is 26.6. The maximum Gasteiger partial charge on any atom is 0.410 e. The number of amides is 2. The molecule has 0 saturated carbocycles. The van der Waals surface area contributed by atoms with Crippen LogP contribution in [0, 0.1) is 0 Å². The molecule has 1 saturated heterocycles. The first-order chi connectivity index (χ1) is 18.6. The van der Waals surface area contributed by atoms with Crippen molar-refractivity contribution in [2.75, 3.05) is 26.2 Å². The number of hydrogen-bond acceptors (Lipinski definition) is 6. The number of aromatic nitrogens is 1. The van der Waals surface area contributed by atoms with Gasteiger partial charge >= 0.3 is 6.09 Å². The highest BCUT2D eigenvalue weighted by atomic mass is 35.5. The molecule has 0 radical (unpaired) electrons. The lowest BCUT2D eigenvalue weighted by atomic mass is 10.1. The van der Waals surface area contributed by atoms with Crippen LogP contribution in [0.15, 0.2) is 71.1 Å². The first-order valence-electron chi connectivity index (χ1n) is 12.8. The lowest BCUT2D eigenvalue weighted by Gasteiger charge is -2.35. The monoisotopic (exact) mass is 547 g/mol. The van der Waals surface area contributed by atoms with E-state index in [2.05, 4.69) is 4.98 Å². The van der Waals surface area contributed by atoms with Gasteiger partial charge in [0.15, 0.2) is 5.58 Å². The van der Waals surface area contributed by atoms with Crippen LogP contribution in [-0.2, 0) is 16.0 Å². The highest BCUT2D eigenvalue weighted by molar-refractivity contribution is 6.30. The Morgan fingerprint density at radius 3 is 2.21 bits per heavy atom. The predicted octanol–water partition coefficient (Wildman–Crippen LogP) is 6.56. The predicted molar refractivity (Wildman–Crippen MR) is 149 cm³/mol. The maximum absolute atomic E-state index is 12.9. The zero-order chi connectivity index (χ0) is 27.6. The molecular formula is C30H30ClN3O5. The maximum atomic E-state index is 12.9. The fraction of sp³-hybridized carbons (Fsp3) is 0.300. The summed E-state index contributed by atoms with van der Waals surface area (Å²) in [7, 11) is 0. The van der Waals surface area contributed by atoms with Crippen molar-refractivity contribution >= 4 is 34.7 Å². The second-order valence-corrected chi connectivity index (χ2v) is 10.9. The molecule has 1 aliphatic rings. The molecule has 0 bridgehead atoms. The largest absolute Gasteiger partial charge is 0.457 e. The van der Waals surface area contributed by atoms with Crippen LogP contribution >= 0.6 is 11.6 Å². The molecule has 1 aliphatic heterocycles. The molecule has 2 amide bonds. The van der Waals surface area contributed by atoms with Gasteiger partial charge in [0.2, 0.25) is 11.8 Å². The summed E-state index contributed by atoms with van der Waals surface area (Å²) in [5.74, 6) is 1.84. The molecule has 3 aromatic carbocycles. The molecule has 0 unspecified atom stereocenters. The lowest BCUT2D eigenvalue weighted by molar-refractivity contribution is -0.132. The standard InChI is InChI=1S/C30H30ClN3O5/c1-30(2,3)39-29(36)34-16-14-33(15-17-34)27(35)18-20-4-6-21(7-5-20)28-32-25-19-24(12-13-26(25)38-28)37-23-10-8-22(31)9-11-23/h4-13,19H,14-18H2,1-3H3. The summed E-state index contributed by atoms with van der Waals surface area (Å²) < 4.78 is 17.3. The van der Waals surface area contributed by atoms with E-state index < -0.39 is 5.60 Å². The van der Waals surface area contributed by atoms with Crippen LogP contribution in [0.2, 0.25) is 5.02 Å². The minimum Gasteiger partial charge on any atom is -0.457 e. The molecule has 9 heteroatoms. The Bertz CT molecular complexity index is 1470. The number of carbonyl (C=O) groups excluding carboxylic acids is 2. The summed E-state index contributed by atoms with van der Waals surface area (Å²) >= 11 is 5.94. The SMILES string of the molecule is CC(C)(C)OC(=O)N1CCN(C(=O)Cc2ccc(-c3nc4cc(Oc5ccc(Cl)cc5)ccc4o3)cc2)CC1. The number of rotatable bonds is 5. The quantitative estimate of drug-likeness (QED) is 0.281. The molecule has 202 valence electrons. The van der Waals surface area contributed by atoms with Gasteiger partial charge < -0.3 is 23.7 Å². The van der Waals surface area contributed by atoms with E-state index in [9.17, 15) is 9.59 Å². The smallest absolute Gasteiger partial charge is 0.410 e. The third kappa shape index (κ3) is 6.70. The highest BCUT2D eigenvalue weighted by Crippen LogP contribution is 2.30. The summed E-state index contributed by atoms with van der Waals surface area (Å²) in [6.07, 6.45) is -0.0548. The number of piperazine rings is 1. The summed E-state index contributed by atoms with van der Waals surface area (Å²) in [6, 6.07) is 20.3. The third-order valence-electron chi connectivity index (χ3n) is 6.25. The minimum absolute atomic E-state index is 0.0293. The number of carbonyl (C=O) groups is 2. The van der Waals surface area contributed by atoms with Crippen LogP contribution in [0.5, 0.6) is 11.5 Å². The van der Waals surface area contributed by atoms with E-state index in [-0.39, 0.29) is 18.4 Å². The average molecular weight is 548 g/mol. The van der Waals surface area contributed by atoms with E-state index in [4.69, 9.17) is 25.5 Å². The van der Waals surface area contributed by atoms with Gasteiger partial charge in [0.1, 0.15) is 22.6 Å². The van der Waals surface area contributed by atoms with Crippen molar-refractivity contribution in [3.05, 3.63) is 77.3 Å². The van der Waals surface area contributed by atoms with E-state index in [1.807, 2.05) is 63.2 Å². The number of nitrogens with zero attached hydrogens (tertiary/aromatic N) is 3. The minimum atomic E-state index is -0.538. The fourth-order valence-corrected chi connectivity index (χ4v) is 4.38. The molecule has 0 atom stereocenters. The van der Waals surface area contributed by atoms with Gasteiger partial charge in [-0.15, -0.1) is 0 Å². The Hall–Kier alpha value is -4.04. The van der Waals surface area contributed by atoms with Crippen LogP contribution in [0.3, 0.4) is 0 Å². The number of benzene rings is 3. The second-order valence-electron chi connectivity index (χ2n) is 10.4. The summed E-state index contributed by atoms with van der Waals surface area (Å²) in [5, 5.41) is 0.646. The van der Waals surface area contributed by atoms with Crippen LogP contribution in [0.25, 0.3) is 22.6 Å². The lowest BCUT2D eigenvalue weighted by Crippen LogP contribution is -2.51.